The number of hydrogen-bond donors (Lipinski definition) is 1. The molecule has 9 heteroatoms. The summed E-state index contributed by atoms with van der Waals surface area (Å²) in [6.07, 6.45) is 2.77. The summed E-state index contributed by atoms with van der Waals surface area (Å²) in [5.74, 6) is -2.50. The van der Waals surface area contributed by atoms with Crippen LogP contribution in [0.3, 0.4) is 0 Å². The number of carbonyl (C=O) groups excluding carboxylic acids is 1. The lowest BCUT2D eigenvalue weighted by molar-refractivity contribution is -0.160. The minimum absolute atomic E-state index is 0.101. The van der Waals surface area contributed by atoms with Crippen LogP contribution < -0.4 is 9.64 Å². The van der Waals surface area contributed by atoms with Gasteiger partial charge in [0.15, 0.2) is 17.7 Å². The van der Waals surface area contributed by atoms with Crippen LogP contribution in [0.5, 0.6) is 5.75 Å². The zero-order valence-corrected chi connectivity index (χ0v) is 23.2. The summed E-state index contributed by atoms with van der Waals surface area (Å²) in [5.41, 5.74) is 4.23. The quantitative estimate of drug-likeness (QED) is 0.412. The Morgan fingerprint density at radius 3 is 2.52 bits per heavy atom. The summed E-state index contributed by atoms with van der Waals surface area (Å²) in [6, 6.07) is 4.30. The molecule has 0 spiro atoms. The first-order valence-electron chi connectivity index (χ1n) is 13.3. The predicted octanol–water partition coefficient (Wildman–Crippen LogP) is 6.11. The maximum atomic E-state index is 15.5. The van der Waals surface area contributed by atoms with Crippen LogP contribution in [0.1, 0.15) is 71.5 Å². The van der Waals surface area contributed by atoms with Crippen LogP contribution in [-0.4, -0.2) is 40.7 Å². The van der Waals surface area contributed by atoms with Gasteiger partial charge in [0.2, 0.25) is 0 Å². The van der Waals surface area contributed by atoms with E-state index in [4.69, 9.17) is 9.47 Å². The average molecular weight is 551 g/mol. The molecular formula is C31H32F2N2O5. The Kier molecular flexibility index (Phi) is 7.12. The van der Waals surface area contributed by atoms with Crippen molar-refractivity contribution >= 4 is 17.6 Å². The van der Waals surface area contributed by atoms with Gasteiger partial charge in [-0.25, -0.2) is 13.6 Å². The number of carbonyl (C=O) groups is 2. The van der Waals surface area contributed by atoms with Gasteiger partial charge >= 0.3 is 5.97 Å². The molecule has 40 heavy (non-hydrogen) atoms. The van der Waals surface area contributed by atoms with E-state index in [0.717, 1.165) is 29.8 Å². The Bertz CT molecular complexity index is 1530. The van der Waals surface area contributed by atoms with Crippen molar-refractivity contribution in [1.29, 1.82) is 0 Å². The molecule has 3 heterocycles. The Labute approximate surface area is 231 Å². The second-order valence-electron chi connectivity index (χ2n) is 11.3. The molecule has 0 fully saturated rings. The third kappa shape index (κ3) is 4.94. The van der Waals surface area contributed by atoms with E-state index in [1.54, 1.807) is 38.7 Å². The second kappa shape index (κ2) is 10.3. The molecule has 2 aliphatic rings. The number of ether oxygens (including phenoxy) is 2. The van der Waals surface area contributed by atoms with E-state index < -0.39 is 35.2 Å². The standard InChI is InChI=1S/C31H32F2N2O5/c1-16-11-24-21(8-9-35(24)29(36)18-12-19(32)15-34-14-18)26(25(16)28(30(37)38)40-31(3,4)5)22-13-23(33)27-20(17(22)2)7-6-10-39-27/h11-15,28H,6-10H2,1-5H3,(H,37,38)/t28-/m0/s1. The maximum Gasteiger partial charge on any atom is 0.337 e. The first kappa shape index (κ1) is 27.7. The molecule has 1 N–H and O–H groups in total. The Morgan fingerprint density at radius 1 is 1.10 bits per heavy atom. The van der Waals surface area contributed by atoms with Crippen LogP contribution in [0.4, 0.5) is 14.5 Å². The van der Waals surface area contributed by atoms with Gasteiger partial charge in [-0.1, -0.05) is 0 Å². The van der Waals surface area contributed by atoms with Gasteiger partial charge in [-0.2, -0.15) is 0 Å². The van der Waals surface area contributed by atoms with Crippen LogP contribution >= 0.6 is 0 Å². The number of fused-ring (bicyclic) bond motifs is 2. The Morgan fingerprint density at radius 2 is 1.85 bits per heavy atom. The number of aryl methyl sites for hydroxylation is 1. The molecule has 5 rings (SSSR count). The van der Waals surface area contributed by atoms with E-state index >= 15 is 4.39 Å². The number of rotatable bonds is 5. The summed E-state index contributed by atoms with van der Waals surface area (Å²) >= 11 is 0. The molecule has 7 nitrogen and oxygen atoms in total. The monoisotopic (exact) mass is 550 g/mol. The maximum absolute atomic E-state index is 15.5. The zero-order valence-electron chi connectivity index (χ0n) is 23.2. The van der Waals surface area contributed by atoms with Crippen molar-refractivity contribution in [2.24, 2.45) is 0 Å². The molecule has 0 saturated heterocycles. The molecule has 0 saturated carbocycles. The average Bonchev–Trinajstić information content (AvgIpc) is 3.31. The van der Waals surface area contributed by atoms with Crippen LogP contribution in [0.2, 0.25) is 0 Å². The number of amides is 1. The Balaban J connectivity index is 1.78. The van der Waals surface area contributed by atoms with Gasteiger partial charge in [0.1, 0.15) is 5.82 Å². The van der Waals surface area contributed by atoms with Crippen molar-refractivity contribution in [2.75, 3.05) is 18.1 Å². The zero-order chi connectivity index (χ0) is 28.9. The van der Waals surface area contributed by atoms with Crippen molar-refractivity contribution in [3.63, 3.8) is 0 Å². The number of aromatic nitrogens is 1. The molecule has 1 amide bonds. The summed E-state index contributed by atoms with van der Waals surface area (Å²) in [4.78, 5) is 31.5. The van der Waals surface area contributed by atoms with Gasteiger partial charge in [0.25, 0.3) is 5.91 Å². The SMILES string of the molecule is Cc1cc2c(c(-c3cc(F)c4c(c3C)CCCO4)c1[C@H](OC(C)(C)C)C(=O)O)CCN2C(=O)c1cncc(F)c1. The van der Waals surface area contributed by atoms with Crippen LogP contribution in [0.25, 0.3) is 11.1 Å². The first-order chi connectivity index (χ1) is 18.9. The molecule has 210 valence electrons. The fourth-order valence-electron chi connectivity index (χ4n) is 5.74. The highest BCUT2D eigenvalue weighted by Gasteiger charge is 2.37. The molecule has 1 aromatic heterocycles. The van der Waals surface area contributed by atoms with Crippen LogP contribution in [0, 0.1) is 25.5 Å². The topological polar surface area (TPSA) is 89.0 Å². The second-order valence-corrected chi connectivity index (χ2v) is 11.3. The van der Waals surface area contributed by atoms with Crippen molar-refractivity contribution in [2.45, 2.75) is 65.6 Å². The van der Waals surface area contributed by atoms with Crippen molar-refractivity contribution in [3.05, 3.63) is 75.6 Å². The minimum Gasteiger partial charge on any atom is -0.490 e. The lowest BCUT2D eigenvalue weighted by Gasteiger charge is -2.30. The normalized spacial score (nSPS) is 15.3. The number of anilines is 1. The summed E-state index contributed by atoms with van der Waals surface area (Å²) < 4.78 is 41.1. The van der Waals surface area contributed by atoms with E-state index in [9.17, 15) is 19.1 Å². The fourth-order valence-corrected chi connectivity index (χ4v) is 5.74. The molecular weight excluding hydrogens is 518 g/mol. The molecule has 0 aliphatic carbocycles. The minimum atomic E-state index is -1.34. The lowest BCUT2D eigenvalue weighted by atomic mass is 9.83. The highest BCUT2D eigenvalue weighted by Crippen LogP contribution is 2.47. The van der Waals surface area contributed by atoms with E-state index in [1.165, 1.54) is 12.3 Å². The third-order valence-corrected chi connectivity index (χ3v) is 7.40. The molecule has 0 bridgehead atoms. The van der Waals surface area contributed by atoms with Gasteiger partial charge in [-0.15, -0.1) is 0 Å². The summed E-state index contributed by atoms with van der Waals surface area (Å²) in [6.45, 7) is 9.70. The van der Waals surface area contributed by atoms with Gasteiger partial charge < -0.3 is 19.5 Å². The van der Waals surface area contributed by atoms with Crippen molar-refractivity contribution < 1.29 is 33.0 Å². The largest absolute Gasteiger partial charge is 0.490 e. The van der Waals surface area contributed by atoms with E-state index in [0.29, 0.717) is 53.0 Å². The molecule has 0 radical (unpaired) electrons. The van der Waals surface area contributed by atoms with Gasteiger partial charge in [0, 0.05) is 29.6 Å². The number of halogens is 2. The number of hydrogen-bond acceptors (Lipinski definition) is 5. The molecule has 2 aliphatic heterocycles. The number of nitrogens with zero attached hydrogens (tertiary/aromatic N) is 2. The molecule has 0 unspecified atom stereocenters. The Hall–Kier alpha value is -3.85. The van der Waals surface area contributed by atoms with Gasteiger partial charge in [-0.05, 0) is 99.9 Å². The lowest BCUT2D eigenvalue weighted by Crippen LogP contribution is -2.30. The molecule has 1 atom stereocenters. The van der Waals surface area contributed by atoms with E-state index in [1.807, 2.05) is 6.92 Å². The number of benzene rings is 2. The number of carboxylic acid groups (broad SMARTS) is 1. The highest BCUT2D eigenvalue weighted by molar-refractivity contribution is 6.08. The fraction of sp³-hybridized carbons (Fsp3) is 0.387. The number of aliphatic carboxylic acids is 1. The van der Waals surface area contributed by atoms with Gasteiger partial charge in [-0.3, -0.25) is 9.78 Å². The first-order valence-corrected chi connectivity index (χ1v) is 13.3. The third-order valence-electron chi connectivity index (χ3n) is 7.40. The molecule has 3 aromatic rings. The van der Waals surface area contributed by atoms with E-state index in [-0.39, 0.29) is 17.9 Å². The number of pyridine rings is 1. The smallest absolute Gasteiger partial charge is 0.337 e. The highest BCUT2D eigenvalue weighted by atomic mass is 19.1. The van der Waals surface area contributed by atoms with Crippen LogP contribution in [0.15, 0.2) is 30.6 Å². The predicted molar refractivity (Wildman–Crippen MR) is 146 cm³/mol. The summed E-state index contributed by atoms with van der Waals surface area (Å²) in [7, 11) is 0. The summed E-state index contributed by atoms with van der Waals surface area (Å²) in [5, 5.41) is 10.3. The van der Waals surface area contributed by atoms with Crippen LogP contribution in [-0.2, 0) is 22.4 Å². The number of carboxylic acids is 1. The van der Waals surface area contributed by atoms with Crippen molar-refractivity contribution in [1.82, 2.24) is 4.98 Å². The molecule has 2 aromatic carbocycles. The van der Waals surface area contributed by atoms with E-state index in [2.05, 4.69) is 4.98 Å². The van der Waals surface area contributed by atoms with Crippen molar-refractivity contribution in [3.8, 4) is 16.9 Å². The van der Waals surface area contributed by atoms with Gasteiger partial charge in [0.05, 0.1) is 24.0 Å².